The van der Waals surface area contributed by atoms with Crippen molar-refractivity contribution >= 4 is 21.6 Å². The van der Waals surface area contributed by atoms with Gasteiger partial charge in [-0.25, -0.2) is 8.42 Å². The number of nitrogens with zero attached hydrogens (tertiary/aromatic N) is 1. The van der Waals surface area contributed by atoms with Crippen LogP contribution in [-0.2, 0) is 16.6 Å². The smallest absolute Gasteiger partial charge is 0.251 e. The first-order chi connectivity index (χ1) is 16.7. The Labute approximate surface area is 207 Å². The van der Waals surface area contributed by atoms with E-state index in [1.807, 2.05) is 50.2 Å². The Kier molecular flexibility index (Phi) is 8.76. The van der Waals surface area contributed by atoms with Gasteiger partial charge in [0.25, 0.3) is 5.91 Å². The second kappa shape index (κ2) is 11.8. The summed E-state index contributed by atoms with van der Waals surface area (Å²) in [7, 11) is -1.90. The summed E-state index contributed by atoms with van der Waals surface area (Å²) in [5.41, 5.74) is 2.91. The Bertz CT molecular complexity index is 1220. The highest BCUT2D eigenvalue weighted by atomic mass is 32.2. The first-order valence-electron chi connectivity index (χ1n) is 11.4. The molecule has 0 aromatic heterocycles. The van der Waals surface area contributed by atoms with Crippen molar-refractivity contribution < 1.29 is 22.7 Å². The maximum atomic E-state index is 12.6. The normalized spacial score (nSPS) is 11.2. The third kappa shape index (κ3) is 7.23. The molecule has 0 heterocycles. The summed E-state index contributed by atoms with van der Waals surface area (Å²) in [6.07, 6.45) is 1.21. The number of amides is 1. The lowest BCUT2D eigenvalue weighted by Crippen LogP contribution is -2.30. The van der Waals surface area contributed by atoms with Gasteiger partial charge in [-0.1, -0.05) is 44.2 Å². The van der Waals surface area contributed by atoms with Crippen molar-refractivity contribution in [3.63, 3.8) is 0 Å². The van der Waals surface area contributed by atoms with Crippen molar-refractivity contribution in [2.75, 3.05) is 30.8 Å². The van der Waals surface area contributed by atoms with Crippen molar-refractivity contribution in [2.24, 2.45) is 0 Å². The molecule has 1 N–H and O–H groups in total. The van der Waals surface area contributed by atoms with Crippen LogP contribution in [0.15, 0.2) is 72.8 Å². The van der Waals surface area contributed by atoms with Crippen molar-refractivity contribution in [1.82, 2.24) is 5.32 Å². The van der Waals surface area contributed by atoms with Gasteiger partial charge in [-0.05, 0) is 59.5 Å². The van der Waals surface area contributed by atoms with Crippen molar-refractivity contribution in [2.45, 2.75) is 26.3 Å². The van der Waals surface area contributed by atoms with E-state index >= 15 is 0 Å². The third-order valence-corrected chi connectivity index (χ3v) is 6.61. The summed E-state index contributed by atoms with van der Waals surface area (Å²) in [6, 6.07) is 21.7. The Morgan fingerprint density at radius 2 is 1.57 bits per heavy atom. The largest absolute Gasteiger partial charge is 0.497 e. The van der Waals surface area contributed by atoms with Crippen LogP contribution < -0.4 is 19.1 Å². The number of sulfonamides is 1. The number of ether oxygens (including phenoxy) is 2. The molecule has 0 atom stereocenters. The maximum absolute atomic E-state index is 12.6. The number of carbonyl (C=O) groups excluding carboxylic acids is 1. The van der Waals surface area contributed by atoms with Crippen LogP contribution in [0.3, 0.4) is 0 Å². The van der Waals surface area contributed by atoms with Crippen LogP contribution in [0.2, 0.25) is 0 Å². The first-order valence-corrected chi connectivity index (χ1v) is 13.2. The second-order valence-corrected chi connectivity index (χ2v) is 10.4. The van der Waals surface area contributed by atoms with E-state index in [2.05, 4.69) is 5.32 Å². The zero-order valence-corrected chi connectivity index (χ0v) is 21.3. The minimum atomic E-state index is -3.51. The molecule has 8 heteroatoms. The summed E-state index contributed by atoms with van der Waals surface area (Å²) in [6.45, 7) is 4.93. The third-order valence-electron chi connectivity index (χ3n) is 5.49. The molecule has 35 heavy (non-hydrogen) atoms. The number of benzene rings is 3. The average Bonchev–Trinajstić information content (AvgIpc) is 2.85. The van der Waals surface area contributed by atoms with Gasteiger partial charge in [-0.2, -0.15) is 0 Å². The molecule has 3 aromatic rings. The van der Waals surface area contributed by atoms with Gasteiger partial charge in [0.05, 0.1) is 32.1 Å². The van der Waals surface area contributed by atoms with Crippen molar-refractivity contribution in [3.05, 3.63) is 89.5 Å². The molecule has 0 saturated carbocycles. The number of para-hydroxylation sites is 1. The van der Waals surface area contributed by atoms with Gasteiger partial charge < -0.3 is 14.8 Å². The fraction of sp³-hybridized carbons (Fsp3) is 0.296. The summed E-state index contributed by atoms with van der Waals surface area (Å²) < 4.78 is 37.4. The van der Waals surface area contributed by atoms with E-state index in [1.165, 1.54) is 10.6 Å². The van der Waals surface area contributed by atoms with E-state index in [9.17, 15) is 13.2 Å². The number of rotatable bonds is 11. The summed E-state index contributed by atoms with van der Waals surface area (Å²) in [5.74, 6) is 1.40. The highest BCUT2D eigenvalue weighted by Gasteiger charge is 2.21. The van der Waals surface area contributed by atoms with E-state index in [-0.39, 0.29) is 18.4 Å². The highest BCUT2D eigenvalue weighted by molar-refractivity contribution is 7.92. The standard InChI is InChI=1S/C27H32N2O5S/c1-20(2)25-7-5-6-8-26(25)29(35(4,31)32)19-21-9-11-22(12-10-21)27(30)28-17-18-34-24-15-13-23(33-3)14-16-24/h5-16,20H,17-19H2,1-4H3,(H,28,30). The lowest BCUT2D eigenvalue weighted by atomic mass is 10.0. The molecule has 0 aliphatic heterocycles. The number of carbonyl (C=O) groups is 1. The minimum Gasteiger partial charge on any atom is -0.497 e. The molecule has 7 nitrogen and oxygen atoms in total. The first kappa shape index (κ1) is 26.1. The topological polar surface area (TPSA) is 84.9 Å². The molecule has 1 amide bonds. The van der Waals surface area contributed by atoms with Crippen molar-refractivity contribution in [3.8, 4) is 11.5 Å². The molecule has 186 valence electrons. The molecule has 0 saturated heterocycles. The Morgan fingerprint density at radius 1 is 0.943 bits per heavy atom. The molecule has 0 unspecified atom stereocenters. The van der Waals surface area contributed by atoms with Crippen molar-refractivity contribution in [1.29, 1.82) is 0 Å². The summed E-state index contributed by atoms with van der Waals surface area (Å²) >= 11 is 0. The Morgan fingerprint density at radius 3 is 2.17 bits per heavy atom. The number of hydrogen-bond acceptors (Lipinski definition) is 5. The SMILES string of the molecule is COc1ccc(OCCNC(=O)c2ccc(CN(c3ccccc3C(C)C)S(C)(=O)=O)cc2)cc1. The molecule has 3 aromatic carbocycles. The number of methoxy groups -OCH3 is 1. The predicted molar refractivity (Wildman–Crippen MR) is 139 cm³/mol. The zero-order chi connectivity index (χ0) is 25.4. The van der Waals surface area contributed by atoms with Crippen LogP contribution in [0.25, 0.3) is 0 Å². The molecule has 3 rings (SSSR count). The van der Waals surface area contributed by atoms with Crippen LogP contribution in [0, 0.1) is 0 Å². The van der Waals surface area contributed by atoms with E-state index < -0.39 is 10.0 Å². The van der Waals surface area contributed by atoms with Crippen LogP contribution in [0.1, 0.15) is 41.3 Å². The van der Waals surface area contributed by atoms with Crippen LogP contribution in [-0.4, -0.2) is 40.8 Å². The monoisotopic (exact) mass is 496 g/mol. The maximum Gasteiger partial charge on any atom is 0.251 e. The Hall–Kier alpha value is -3.52. The summed E-state index contributed by atoms with van der Waals surface area (Å²) in [4.78, 5) is 12.5. The van der Waals surface area contributed by atoms with Gasteiger partial charge in [0.15, 0.2) is 0 Å². The molecule has 0 aliphatic rings. The van der Waals surface area contributed by atoms with Gasteiger partial charge in [0.1, 0.15) is 18.1 Å². The lowest BCUT2D eigenvalue weighted by molar-refractivity contribution is 0.0947. The second-order valence-electron chi connectivity index (χ2n) is 8.46. The quantitative estimate of drug-likeness (QED) is 0.393. The van der Waals surface area contributed by atoms with Crippen LogP contribution in [0.4, 0.5) is 5.69 Å². The van der Waals surface area contributed by atoms with Gasteiger partial charge in [-0.3, -0.25) is 9.10 Å². The molecule has 0 spiro atoms. The predicted octanol–water partition coefficient (Wildman–Crippen LogP) is 4.59. The highest BCUT2D eigenvalue weighted by Crippen LogP contribution is 2.30. The fourth-order valence-corrected chi connectivity index (χ4v) is 4.53. The van der Waals surface area contributed by atoms with Gasteiger partial charge in [-0.15, -0.1) is 0 Å². The van der Waals surface area contributed by atoms with Crippen LogP contribution >= 0.6 is 0 Å². The number of anilines is 1. The van der Waals surface area contributed by atoms with E-state index in [1.54, 1.807) is 43.5 Å². The summed E-state index contributed by atoms with van der Waals surface area (Å²) in [5, 5.41) is 2.83. The number of nitrogens with one attached hydrogen (secondary N) is 1. The molecule has 0 fully saturated rings. The van der Waals surface area contributed by atoms with E-state index in [4.69, 9.17) is 9.47 Å². The molecule has 0 bridgehead atoms. The van der Waals surface area contributed by atoms with Gasteiger partial charge in [0, 0.05) is 5.56 Å². The molecular weight excluding hydrogens is 464 g/mol. The average molecular weight is 497 g/mol. The number of hydrogen-bond donors (Lipinski definition) is 1. The van der Waals surface area contributed by atoms with Gasteiger partial charge in [0.2, 0.25) is 10.0 Å². The zero-order valence-electron chi connectivity index (χ0n) is 20.5. The van der Waals surface area contributed by atoms with Gasteiger partial charge >= 0.3 is 0 Å². The van der Waals surface area contributed by atoms with E-state index in [0.717, 1.165) is 16.9 Å². The molecular formula is C27H32N2O5S. The molecule has 0 aliphatic carbocycles. The minimum absolute atomic E-state index is 0.176. The molecule has 0 radical (unpaired) electrons. The van der Waals surface area contributed by atoms with E-state index in [0.29, 0.717) is 30.2 Å². The Balaban J connectivity index is 1.60. The lowest BCUT2D eigenvalue weighted by Gasteiger charge is -2.26. The fourth-order valence-electron chi connectivity index (χ4n) is 3.62. The van der Waals surface area contributed by atoms with Crippen LogP contribution in [0.5, 0.6) is 11.5 Å².